The molecule has 2 rings (SSSR count). The van der Waals surface area contributed by atoms with E-state index >= 15 is 0 Å². The molecule has 3 nitrogen and oxygen atoms in total. The largest absolute Gasteiger partial charge is 0.317 e. The summed E-state index contributed by atoms with van der Waals surface area (Å²) >= 11 is 4.06. The molecular formula is C16H27N3S2. The third kappa shape index (κ3) is 4.60. The third-order valence-electron chi connectivity index (χ3n) is 3.91. The van der Waals surface area contributed by atoms with Crippen LogP contribution in [-0.2, 0) is 6.42 Å². The van der Waals surface area contributed by atoms with Crippen LogP contribution in [0.15, 0.2) is 0 Å². The Labute approximate surface area is 137 Å². The van der Waals surface area contributed by atoms with Gasteiger partial charge in [0.2, 0.25) is 0 Å². The fourth-order valence-electron chi connectivity index (χ4n) is 2.74. The zero-order valence-electron chi connectivity index (χ0n) is 13.6. The van der Waals surface area contributed by atoms with Crippen LogP contribution in [0.2, 0.25) is 0 Å². The van der Waals surface area contributed by atoms with E-state index in [9.17, 15) is 0 Å². The fourth-order valence-corrected chi connectivity index (χ4v) is 5.43. The lowest BCUT2D eigenvalue weighted by molar-refractivity contribution is 0.665. The molecule has 1 N–H and O–H groups in total. The molecule has 1 aromatic heterocycles. The topological polar surface area (TPSA) is 37.8 Å². The van der Waals surface area contributed by atoms with Gasteiger partial charge in [0, 0.05) is 28.1 Å². The van der Waals surface area contributed by atoms with E-state index in [4.69, 9.17) is 9.97 Å². The molecule has 1 aromatic rings. The van der Waals surface area contributed by atoms with Crippen molar-refractivity contribution in [2.45, 2.75) is 51.0 Å². The minimum Gasteiger partial charge on any atom is -0.317 e. The number of hydrogen-bond donors (Lipinski definition) is 1. The van der Waals surface area contributed by atoms with E-state index in [-0.39, 0.29) is 0 Å². The molecule has 0 spiro atoms. The average molecular weight is 326 g/mol. The van der Waals surface area contributed by atoms with Crippen LogP contribution in [0.3, 0.4) is 0 Å². The zero-order chi connectivity index (χ0) is 15.2. The van der Waals surface area contributed by atoms with Crippen molar-refractivity contribution in [3.05, 3.63) is 22.8 Å². The second kappa shape index (κ2) is 8.39. The SMILES string of the molecule is CCNCCCc1c(C)nc(C2SCCSC2C)nc1C. The van der Waals surface area contributed by atoms with Crippen molar-refractivity contribution < 1.29 is 0 Å². The molecule has 0 saturated carbocycles. The van der Waals surface area contributed by atoms with Crippen molar-refractivity contribution in [2.75, 3.05) is 24.6 Å². The van der Waals surface area contributed by atoms with Gasteiger partial charge in [-0.15, -0.1) is 11.8 Å². The first-order chi connectivity index (χ1) is 10.1. The lowest BCUT2D eigenvalue weighted by Crippen LogP contribution is -2.20. The van der Waals surface area contributed by atoms with Gasteiger partial charge < -0.3 is 5.32 Å². The van der Waals surface area contributed by atoms with Crippen molar-refractivity contribution in [2.24, 2.45) is 0 Å². The standard InChI is InChI=1S/C16H27N3S2/c1-5-17-8-6-7-14-11(2)18-16(19-12(14)3)15-13(4)20-9-10-21-15/h13,15,17H,5-10H2,1-4H3. The average Bonchev–Trinajstić information content (AvgIpc) is 2.46. The summed E-state index contributed by atoms with van der Waals surface area (Å²) < 4.78 is 0. The van der Waals surface area contributed by atoms with Crippen molar-refractivity contribution in [3.8, 4) is 0 Å². The molecular weight excluding hydrogens is 298 g/mol. The molecule has 1 aliphatic rings. The van der Waals surface area contributed by atoms with Gasteiger partial charge in [0.25, 0.3) is 0 Å². The highest BCUT2D eigenvalue weighted by Gasteiger charge is 2.27. The number of aromatic nitrogens is 2. The summed E-state index contributed by atoms with van der Waals surface area (Å²) in [6.07, 6.45) is 2.23. The Bertz CT molecular complexity index is 442. The number of hydrogen-bond acceptors (Lipinski definition) is 5. The fraction of sp³-hybridized carbons (Fsp3) is 0.750. The van der Waals surface area contributed by atoms with Gasteiger partial charge in [0.15, 0.2) is 0 Å². The predicted molar refractivity (Wildman–Crippen MR) is 95.5 cm³/mol. The smallest absolute Gasteiger partial charge is 0.142 e. The minimum absolute atomic E-state index is 0.456. The molecule has 0 amide bonds. The first kappa shape index (κ1) is 17.1. The molecule has 1 fully saturated rings. The van der Waals surface area contributed by atoms with Crippen LogP contribution in [0.5, 0.6) is 0 Å². The van der Waals surface area contributed by atoms with E-state index in [0.29, 0.717) is 10.5 Å². The summed E-state index contributed by atoms with van der Waals surface area (Å²) in [5.41, 5.74) is 3.70. The van der Waals surface area contributed by atoms with Crippen LogP contribution in [0.25, 0.3) is 0 Å². The Morgan fingerprint density at radius 3 is 2.43 bits per heavy atom. The van der Waals surface area contributed by atoms with Gasteiger partial charge >= 0.3 is 0 Å². The maximum atomic E-state index is 4.84. The molecule has 1 saturated heterocycles. The maximum Gasteiger partial charge on any atom is 0.142 e. The highest BCUT2D eigenvalue weighted by atomic mass is 32.2. The molecule has 21 heavy (non-hydrogen) atoms. The first-order valence-corrected chi connectivity index (χ1v) is 10.0. The second-order valence-electron chi connectivity index (χ2n) is 5.56. The summed E-state index contributed by atoms with van der Waals surface area (Å²) in [5.74, 6) is 3.51. The van der Waals surface area contributed by atoms with Crippen molar-refractivity contribution in [1.29, 1.82) is 0 Å². The van der Waals surface area contributed by atoms with Crippen LogP contribution in [0.4, 0.5) is 0 Å². The minimum atomic E-state index is 0.456. The van der Waals surface area contributed by atoms with Crippen molar-refractivity contribution >= 4 is 23.5 Å². The van der Waals surface area contributed by atoms with Gasteiger partial charge in [-0.05, 0) is 45.3 Å². The lowest BCUT2D eigenvalue weighted by Gasteiger charge is -2.27. The maximum absolute atomic E-state index is 4.84. The third-order valence-corrected chi connectivity index (χ3v) is 7.00. The normalized spacial score (nSPS) is 22.5. The van der Waals surface area contributed by atoms with Gasteiger partial charge in [0.1, 0.15) is 5.82 Å². The Kier molecular flexibility index (Phi) is 6.83. The highest BCUT2D eigenvalue weighted by Crippen LogP contribution is 2.41. The Hall–Kier alpha value is -0.260. The van der Waals surface area contributed by atoms with Crippen LogP contribution < -0.4 is 5.32 Å². The number of aryl methyl sites for hydroxylation is 2. The molecule has 0 aliphatic carbocycles. The molecule has 0 bridgehead atoms. The van der Waals surface area contributed by atoms with E-state index in [0.717, 1.165) is 31.8 Å². The summed E-state index contributed by atoms with van der Waals surface area (Å²) in [7, 11) is 0. The number of nitrogens with zero attached hydrogens (tertiary/aromatic N) is 2. The highest BCUT2D eigenvalue weighted by molar-refractivity contribution is 8.06. The monoisotopic (exact) mass is 325 g/mol. The number of nitrogens with one attached hydrogen (secondary N) is 1. The second-order valence-corrected chi connectivity index (χ2v) is 8.29. The molecule has 0 radical (unpaired) electrons. The van der Waals surface area contributed by atoms with E-state index in [1.807, 2.05) is 23.5 Å². The van der Waals surface area contributed by atoms with Crippen molar-refractivity contribution in [1.82, 2.24) is 15.3 Å². The molecule has 1 aliphatic heterocycles. The van der Waals surface area contributed by atoms with Crippen molar-refractivity contribution in [3.63, 3.8) is 0 Å². The summed E-state index contributed by atoms with van der Waals surface area (Å²) in [6, 6.07) is 0. The van der Waals surface area contributed by atoms with E-state index in [1.54, 1.807) is 0 Å². The molecule has 5 heteroatoms. The van der Waals surface area contributed by atoms with Gasteiger partial charge in [-0.2, -0.15) is 11.8 Å². The molecule has 2 heterocycles. The number of rotatable bonds is 6. The van der Waals surface area contributed by atoms with Gasteiger partial charge in [-0.3, -0.25) is 0 Å². The molecule has 118 valence electrons. The van der Waals surface area contributed by atoms with E-state index < -0.39 is 0 Å². The quantitative estimate of drug-likeness (QED) is 0.810. The number of thioether (sulfide) groups is 2. The van der Waals surface area contributed by atoms with Gasteiger partial charge in [0.05, 0.1) is 5.25 Å². The zero-order valence-corrected chi connectivity index (χ0v) is 15.2. The van der Waals surface area contributed by atoms with Gasteiger partial charge in [-0.25, -0.2) is 9.97 Å². The van der Waals surface area contributed by atoms with Crippen LogP contribution >= 0.6 is 23.5 Å². The summed E-state index contributed by atoms with van der Waals surface area (Å²) in [6.45, 7) is 10.9. The Morgan fingerprint density at radius 1 is 1.14 bits per heavy atom. The van der Waals surface area contributed by atoms with E-state index in [1.165, 1.54) is 28.5 Å². The first-order valence-electron chi connectivity index (χ1n) is 7.91. The molecule has 2 unspecified atom stereocenters. The summed E-state index contributed by atoms with van der Waals surface area (Å²) in [5, 5.41) is 4.45. The summed E-state index contributed by atoms with van der Waals surface area (Å²) in [4.78, 5) is 9.68. The van der Waals surface area contributed by atoms with Gasteiger partial charge in [-0.1, -0.05) is 13.8 Å². The Balaban J connectivity index is 2.09. The van der Waals surface area contributed by atoms with Crippen LogP contribution in [-0.4, -0.2) is 39.8 Å². The van der Waals surface area contributed by atoms with E-state index in [2.05, 4.69) is 33.0 Å². The Morgan fingerprint density at radius 2 is 1.81 bits per heavy atom. The predicted octanol–water partition coefficient (Wildman–Crippen LogP) is 3.55. The van der Waals surface area contributed by atoms with Crippen LogP contribution in [0, 0.1) is 13.8 Å². The molecule has 2 atom stereocenters. The lowest BCUT2D eigenvalue weighted by atomic mass is 10.1. The van der Waals surface area contributed by atoms with Crippen LogP contribution in [0.1, 0.15) is 48.3 Å². The molecule has 0 aromatic carbocycles.